The van der Waals surface area contributed by atoms with E-state index in [-0.39, 0.29) is 24.2 Å². The van der Waals surface area contributed by atoms with E-state index in [2.05, 4.69) is 5.32 Å². The monoisotopic (exact) mass is 256 g/mol. The molecule has 0 atom stereocenters. The van der Waals surface area contributed by atoms with E-state index >= 15 is 0 Å². The van der Waals surface area contributed by atoms with Crippen LogP contribution in [0.3, 0.4) is 0 Å². The number of hydrogen-bond acceptors (Lipinski definition) is 3. The summed E-state index contributed by atoms with van der Waals surface area (Å²) in [5.74, 6) is -0.970. The molecule has 2 aliphatic rings. The number of carbonyl (C=O) groups is 2. The highest BCUT2D eigenvalue weighted by molar-refractivity contribution is 5.80. The number of nitrogens with zero attached hydrogens (tertiary/aromatic N) is 1. The number of hydrogen-bond donors (Lipinski definition) is 2. The van der Waals surface area contributed by atoms with Gasteiger partial charge < -0.3 is 20.1 Å². The van der Waals surface area contributed by atoms with Crippen molar-refractivity contribution >= 4 is 12.0 Å². The highest BCUT2D eigenvalue weighted by atomic mass is 16.5. The van der Waals surface area contributed by atoms with Gasteiger partial charge in [0, 0.05) is 19.7 Å². The van der Waals surface area contributed by atoms with Crippen LogP contribution in [0.5, 0.6) is 0 Å². The van der Waals surface area contributed by atoms with Gasteiger partial charge in [-0.2, -0.15) is 0 Å². The Hall–Kier alpha value is -1.30. The van der Waals surface area contributed by atoms with E-state index in [1.165, 1.54) is 4.90 Å². The molecule has 0 aromatic carbocycles. The van der Waals surface area contributed by atoms with Crippen LogP contribution in [0.25, 0.3) is 0 Å². The summed E-state index contributed by atoms with van der Waals surface area (Å²) in [5.41, 5.74) is -0.228. The molecule has 0 radical (unpaired) electrons. The molecule has 0 aromatic rings. The van der Waals surface area contributed by atoms with Crippen LogP contribution in [0.2, 0.25) is 0 Å². The van der Waals surface area contributed by atoms with Crippen molar-refractivity contribution in [2.75, 3.05) is 20.2 Å². The Morgan fingerprint density at radius 3 is 2.50 bits per heavy atom. The first-order chi connectivity index (χ1) is 8.56. The van der Waals surface area contributed by atoms with Crippen LogP contribution in [0.1, 0.15) is 32.1 Å². The van der Waals surface area contributed by atoms with Crippen molar-refractivity contribution in [2.45, 2.75) is 43.7 Å². The minimum absolute atomic E-state index is 0.0981. The first-order valence-corrected chi connectivity index (χ1v) is 6.38. The zero-order valence-electron chi connectivity index (χ0n) is 10.6. The van der Waals surface area contributed by atoms with Crippen molar-refractivity contribution in [2.24, 2.45) is 0 Å². The molecule has 2 rings (SSSR count). The molecule has 2 fully saturated rings. The molecule has 0 aromatic heterocycles. The summed E-state index contributed by atoms with van der Waals surface area (Å²) in [5, 5.41) is 11.6. The standard InChI is InChI=1S/C12H20N2O4/c1-18-12(5-2-6-12)8-13-11(17)14(7-10(15)16)9-3-4-9/h9H,2-8H2,1H3,(H,13,17)(H,15,16). The van der Waals surface area contributed by atoms with Crippen LogP contribution in [0.15, 0.2) is 0 Å². The quantitative estimate of drug-likeness (QED) is 0.737. The normalized spacial score (nSPS) is 20.9. The fourth-order valence-electron chi connectivity index (χ4n) is 2.26. The van der Waals surface area contributed by atoms with Crippen molar-refractivity contribution in [3.05, 3.63) is 0 Å². The maximum Gasteiger partial charge on any atom is 0.323 e. The smallest absolute Gasteiger partial charge is 0.323 e. The summed E-state index contributed by atoms with van der Waals surface area (Å²) >= 11 is 0. The lowest BCUT2D eigenvalue weighted by Gasteiger charge is -2.40. The molecule has 102 valence electrons. The predicted octanol–water partition coefficient (Wildman–Crippen LogP) is 0.814. The van der Waals surface area contributed by atoms with Gasteiger partial charge in [-0.25, -0.2) is 4.79 Å². The number of urea groups is 1. The predicted molar refractivity (Wildman–Crippen MR) is 64.4 cm³/mol. The Kier molecular flexibility index (Phi) is 3.75. The molecule has 0 aliphatic heterocycles. The third-order valence-electron chi connectivity index (χ3n) is 3.81. The first-order valence-electron chi connectivity index (χ1n) is 6.38. The van der Waals surface area contributed by atoms with Crippen molar-refractivity contribution in [3.63, 3.8) is 0 Å². The number of carboxylic acid groups (broad SMARTS) is 1. The second kappa shape index (κ2) is 5.14. The Bertz CT molecular complexity index is 331. The highest BCUT2D eigenvalue weighted by Crippen LogP contribution is 2.34. The minimum Gasteiger partial charge on any atom is -0.480 e. The third-order valence-corrected chi connectivity index (χ3v) is 3.81. The summed E-state index contributed by atoms with van der Waals surface area (Å²) in [6.45, 7) is 0.238. The molecule has 0 unspecified atom stereocenters. The van der Waals surface area contributed by atoms with Crippen LogP contribution < -0.4 is 5.32 Å². The van der Waals surface area contributed by atoms with Crippen LogP contribution in [-0.2, 0) is 9.53 Å². The van der Waals surface area contributed by atoms with Gasteiger partial charge in [0.2, 0.25) is 0 Å². The molecule has 2 aliphatic carbocycles. The molecule has 0 bridgehead atoms. The van der Waals surface area contributed by atoms with E-state index in [1.807, 2.05) is 0 Å². The number of nitrogens with one attached hydrogen (secondary N) is 1. The average molecular weight is 256 g/mol. The summed E-state index contributed by atoms with van der Waals surface area (Å²) < 4.78 is 5.41. The zero-order valence-corrected chi connectivity index (χ0v) is 10.6. The largest absolute Gasteiger partial charge is 0.480 e. The third kappa shape index (κ3) is 2.93. The van der Waals surface area contributed by atoms with E-state index in [9.17, 15) is 9.59 Å². The molecule has 2 saturated carbocycles. The summed E-state index contributed by atoms with van der Waals surface area (Å²) in [7, 11) is 1.65. The Balaban J connectivity index is 1.83. The SMILES string of the molecule is COC1(CNC(=O)N(CC(=O)O)C2CC2)CCC1. The number of rotatable bonds is 6. The second-order valence-corrected chi connectivity index (χ2v) is 5.15. The summed E-state index contributed by atoms with van der Waals surface area (Å²) in [4.78, 5) is 24.1. The van der Waals surface area contributed by atoms with E-state index in [0.29, 0.717) is 6.54 Å². The number of methoxy groups -OCH3 is 1. The molecule has 0 saturated heterocycles. The van der Waals surface area contributed by atoms with Crippen molar-refractivity contribution in [1.82, 2.24) is 10.2 Å². The van der Waals surface area contributed by atoms with Crippen LogP contribution in [0, 0.1) is 0 Å². The molecule has 2 N–H and O–H groups in total. The average Bonchev–Trinajstić information content (AvgIpc) is 3.08. The zero-order chi connectivity index (χ0) is 13.2. The van der Waals surface area contributed by atoms with Crippen molar-refractivity contribution in [1.29, 1.82) is 0 Å². The molecule has 2 amide bonds. The maximum atomic E-state index is 12.0. The van der Waals surface area contributed by atoms with E-state index in [1.54, 1.807) is 7.11 Å². The Labute approximate surface area is 106 Å². The summed E-state index contributed by atoms with van der Waals surface area (Å²) in [6.07, 6.45) is 4.82. The van der Waals surface area contributed by atoms with Gasteiger partial charge in [-0.3, -0.25) is 4.79 Å². The lowest BCUT2D eigenvalue weighted by Crippen LogP contribution is -2.53. The second-order valence-electron chi connectivity index (χ2n) is 5.15. The van der Waals surface area contributed by atoms with E-state index in [0.717, 1.165) is 32.1 Å². The van der Waals surface area contributed by atoms with Crippen molar-refractivity contribution < 1.29 is 19.4 Å². The van der Waals surface area contributed by atoms with E-state index < -0.39 is 5.97 Å². The number of amides is 2. The fraction of sp³-hybridized carbons (Fsp3) is 0.833. The van der Waals surface area contributed by atoms with Crippen LogP contribution in [-0.4, -0.2) is 53.8 Å². The highest BCUT2D eigenvalue weighted by Gasteiger charge is 2.39. The molecule has 0 heterocycles. The molecule has 18 heavy (non-hydrogen) atoms. The minimum atomic E-state index is -0.970. The van der Waals surface area contributed by atoms with Gasteiger partial charge in [-0.05, 0) is 32.1 Å². The number of carbonyl (C=O) groups excluding carboxylic acids is 1. The maximum absolute atomic E-state index is 12.0. The first kappa shape index (κ1) is 13.1. The number of ether oxygens (including phenoxy) is 1. The number of carboxylic acids is 1. The lowest BCUT2D eigenvalue weighted by atomic mass is 9.80. The van der Waals surface area contributed by atoms with Gasteiger partial charge in [-0.15, -0.1) is 0 Å². The van der Waals surface area contributed by atoms with Gasteiger partial charge in [0.05, 0.1) is 5.60 Å². The van der Waals surface area contributed by atoms with Gasteiger partial charge in [0.25, 0.3) is 0 Å². The fourth-order valence-corrected chi connectivity index (χ4v) is 2.26. The van der Waals surface area contributed by atoms with Crippen LogP contribution in [0.4, 0.5) is 4.79 Å². The summed E-state index contributed by atoms with van der Waals surface area (Å²) in [6, 6.07) is -0.191. The Morgan fingerprint density at radius 2 is 2.11 bits per heavy atom. The van der Waals surface area contributed by atoms with Crippen LogP contribution >= 0.6 is 0 Å². The molecule has 0 spiro atoms. The lowest BCUT2D eigenvalue weighted by molar-refractivity contribution is -0.137. The van der Waals surface area contributed by atoms with E-state index in [4.69, 9.17) is 9.84 Å². The van der Waals surface area contributed by atoms with Gasteiger partial charge >= 0.3 is 12.0 Å². The molecule has 6 heteroatoms. The molecule has 6 nitrogen and oxygen atoms in total. The van der Waals surface area contributed by atoms with Crippen molar-refractivity contribution in [3.8, 4) is 0 Å². The molecular weight excluding hydrogens is 236 g/mol. The topological polar surface area (TPSA) is 78.9 Å². The molecular formula is C12H20N2O4. The van der Waals surface area contributed by atoms with Gasteiger partial charge in [0.1, 0.15) is 6.54 Å². The number of aliphatic carboxylic acids is 1. The van der Waals surface area contributed by atoms with Gasteiger partial charge in [0.15, 0.2) is 0 Å². The Morgan fingerprint density at radius 1 is 1.44 bits per heavy atom. The van der Waals surface area contributed by atoms with Gasteiger partial charge in [-0.1, -0.05) is 0 Å².